The Morgan fingerprint density at radius 2 is 1.69 bits per heavy atom. The number of ether oxygens (including phenoxy) is 1. The molecule has 0 aromatic carbocycles. The number of hydrogen-bond donors (Lipinski definition) is 0. The van der Waals surface area contributed by atoms with Crippen LogP contribution in [0.4, 0.5) is 0 Å². The van der Waals surface area contributed by atoms with Crippen molar-refractivity contribution in [2.75, 3.05) is 0 Å². The first-order valence-corrected chi connectivity index (χ1v) is 5.87. The Morgan fingerprint density at radius 3 is 2.15 bits per heavy atom. The predicted octanol–water partition coefficient (Wildman–Crippen LogP) is 2.99. The van der Waals surface area contributed by atoms with Gasteiger partial charge in [-0.05, 0) is 42.9 Å². The summed E-state index contributed by atoms with van der Waals surface area (Å²) in [6.45, 7) is 4.83. The molecule has 74 valence electrons. The minimum atomic E-state index is 0.653. The lowest BCUT2D eigenvalue weighted by atomic mass is 9.82. The molecule has 3 aliphatic rings. The smallest absolute Gasteiger partial charge is 0.0612 e. The van der Waals surface area contributed by atoms with Crippen molar-refractivity contribution in [2.45, 2.75) is 58.2 Å². The van der Waals surface area contributed by atoms with Crippen LogP contribution in [0.2, 0.25) is 0 Å². The first kappa shape index (κ1) is 8.28. The van der Waals surface area contributed by atoms with Gasteiger partial charge in [-0.1, -0.05) is 20.3 Å². The van der Waals surface area contributed by atoms with Crippen LogP contribution >= 0.6 is 0 Å². The molecule has 2 bridgehead atoms. The molecule has 2 aliphatic heterocycles. The van der Waals surface area contributed by atoms with Gasteiger partial charge in [-0.25, -0.2) is 0 Å². The second-order valence-corrected chi connectivity index (χ2v) is 5.69. The molecule has 4 unspecified atom stereocenters. The van der Waals surface area contributed by atoms with E-state index in [1.807, 2.05) is 0 Å². The largest absolute Gasteiger partial charge is 0.374 e. The Balaban J connectivity index is 1.83. The van der Waals surface area contributed by atoms with Gasteiger partial charge in [0.25, 0.3) is 0 Å². The topological polar surface area (TPSA) is 9.23 Å². The second kappa shape index (κ2) is 2.50. The molecule has 0 aromatic heterocycles. The SMILES string of the molecule is CCC1(C)CC2C3CCC(O3)C2C1. The summed E-state index contributed by atoms with van der Waals surface area (Å²) in [6.07, 6.45) is 8.26. The molecule has 0 N–H and O–H groups in total. The van der Waals surface area contributed by atoms with Gasteiger partial charge in [-0.2, -0.15) is 0 Å². The van der Waals surface area contributed by atoms with E-state index < -0.39 is 0 Å². The van der Waals surface area contributed by atoms with Crippen molar-refractivity contribution in [3.05, 3.63) is 0 Å². The van der Waals surface area contributed by atoms with E-state index >= 15 is 0 Å². The molecule has 3 rings (SSSR count). The molecular formula is C12H20O. The lowest BCUT2D eigenvalue weighted by Crippen LogP contribution is -2.21. The van der Waals surface area contributed by atoms with Gasteiger partial charge < -0.3 is 4.74 Å². The van der Waals surface area contributed by atoms with Crippen molar-refractivity contribution in [3.63, 3.8) is 0 Å². The van der Waals surface area contributed by atoms with Gasteiger partial charge in [0.1, 0.15) is 0 Å². The Morgan fingerprint density at radius 1 is 1.15 bits per heavy atom. The fraction of sp³-hybridized carbons (Fsp3) is 1.00. The van der Waals surface area contributed by atoms with Gasteiger partial charge in [0.15, 0.2) is 0 Å². The summed E-state index contributed by atoms with van der Waals surface area (Å²) in [4.78, 5) is 0. The molecule has 1 heteroatoms. The van der Waals surface area contributed by atoms with E-state index in [2.05, 4.69) is 13.8 Å². The van der Waals surface area contributed by atoms with E-state index in [1.165, 1.54) is 32.1 Å². The third kappa shape index (κ3) is 1.03. The molecule has 0 spiro atoms. The van der Waals surface area contributed by atoms with Gasteiger partial charge in [-0.3, -0.25) is 0 Å². The summed E-state index contributed by atoms with van der Waals surface area (Å²) in [5, 5.41) is 0. The molecular weight excluding hydrogens is 160 g/mol. The molecule has 1 saturated carbocycles. The van der Waals surface area contributed by atoms with E-state index in [9.17, 15) is 0 Å². The first-order chi connectivity index (χ1) is 6.22. The number of hydrogen-bond acceptors (Lipinski definition) is 1. The molecule has 1 nitrogen and oxygen atoms in total. The molecule has 2 saturated heterocycles. The van der Waals surface area contributed by atoms with Crippen LogP contribution in [0.5, 0.6) is 0 Å². The van der Waals surface area contributed by atoms with Crippen LogP contribution < -0.4 is 0 Å². The summed E-state index contributed by atoms with van der Waals surface area (Å²) >= 11 is 0. The van der Waals surface area contributed by atoms with Gasteiger partial charge in [0.2, 0.25) is 0 Å². The first-order valence-electron chi connectivity index (χ1n) is 5.87. The quantitative estimate of drug-likeness (QED) is 0.602. The Kier molecular flexibility index (Phi) is 1.59. The van der Waals surface area contributed by atoms with Gasteiger partial charge >= 0.3 is 0 Å². The van der Waals surface area contributed by atoms with E-state index in [-0.39, 0.29) is 0 Å². The van der Waals surface area contributed by atoms with Crippen LogP contribution in [-0.2, 0) is 4.74 Å². The third-order valence-corrected chi connectivity index (χ3v) is 4.90. The van der Waals surface area contributed by atoms with Gasteiger partial charge in [0, 0.05) is 0 Å². The second-order valence-electron chi connectivity index (χ2n) is 5.69. The van der Waals surface area contributed by atoms with E-state index in [0.717, 1.165) is 11.8 Å². The molecule has 0 amide bonds. The average Bonchev–Trinajstić information content (AvgIpc) is 2.73. The number of fused-ring (bicyclic) bond motifs is 5. The molecule has 2 heterocycles. The highest BCUT2D eigenvalue weighted by molar-refractivity contribution is 5.04. The van der Waals surface area contributed by atoms with E-state index in [4.69, 9.17) is 4.74 Å². The lowest BCUT2D eigenvalue weighted by Gasteiger charge is -2.23. The zero-order chi connectivity index (χ0) is 9.05. The molecule has 3 fully saturated rings. The van der Waals surface area contributed by atoms with Crippen molar-refractivity contribution < 1.29 is 4.74 Å². The predicted molar refractivity (Wildman–Crippen MR) is 52.5 cm³/mol. The van der Waals surface area contributed by atoms with Crippen LogP contribution in [0.1, 0.15) is 46.0 Å². The lowest BCUT2D eigenvalue weighted by molar-refractivity contribution is 0.0669. The van der Waals surface area contributed by atoms with Crippen molar-refractivity contribution in [1.29, 1.82) is 0 Å². The molecule has 0 aromatic rings. The molecule has 4 atom stereocenters. The minimum absolute atomic E-state index is 0.653. The summed E-state index contributed by atoms with van der Waals surface area (Å²) in [6, 6.07) is 0. The Hall–Kier alpha value is -0.0400. The van der Waals surface area contributed by atoms with Crippen molar-refractivity contribution in [2.24, 2.45) is 17.3 Å². The summed E-state index contributed by atoms with van der Waals surface area (Å²) in [5.41, 5.74) is 0.653. The molecule has 13 heavy (non-hydrogen) atoms. The minimum Gasteiger partial charge on any atom is -0.374 e. The van der Waals surface area contributed by atoms with Gasteiger partial charge in [0.05, 0.1) is 12.2 Å². The standard InChI is InChI=1S/C12H20O/c1-3-12(2)6-8-9(7-12)11-5-4-10(8)13-11/h8-11H,3-7H2,1-2H3. The monoisotopic (exact) mass is 180 g/mol. The highest BCUT2D eigenvalue weighted by atomic mass is 16.5. The zero-order valence-electron chi connectivity index (χ0n) is 8.75. The fourth-order valence-electron chi connectivity index (χ4n) is 3.95. The van der Waals surface area contributed by atoms with Crippen LogP contribution in [0.3, 0.4) is 0 Å². The maximum absolute atomic E-state index is 5.98. The van der Waals surface area contributed by atoms with Crippen LogP contribution in [-0.4, -0.2) is 12.2 Å². The maximum atomic E-state index is 5.98. The van der Waals surface area contributed by atoms with Crippen molar-refractivity contribution in [3.8, 4) is 0 Å². The third-order valence-electron chi connectivity index (χ3n) is 4.90. The van der Waals surface area contributed by atoms with E-state index in [0.29, 0.717) is 17.6 Å². The van der Waals surface area contributed by atoms with Crippen LogP contribution in [0.25, 0.3) is 0 Å². The highest BCUT2D eigenvalue weighted by Crippen LogP contribution is 2.58. The maximum Gasteiger partial charge on any atom is 0.0612 e. The van der Waals surface area contributed by atoms with Crippen LogP contribution in [0, 0.1) is 17.3 Å². The Bertz CT molecular complexity index is 205. The summed E-state index contributed by atoms with van der Waals surface area (Å²) in [5.74, 6) is 1.87. The van der Waals surface area contributed by atoms with Crippen molar-refractivity contribution >= 4 is 0 Å². The number of rotatable bonds is 1. The molecule has 0 radical (unpaired) electrons. The highest BCUT2D eigenvalue weighted by Gasteiger charge is 2.55. The summed E-state index contributed by atoms with van der Waals surface area (Å²) < 4.78 is 5.98. The van der Waals surface area contributed by atoms with Crippen molar-refractivity contribution in [1.82, 2.24) is 0 Å². The average molecular weight is 180 g/mol. The fourth-order valence-corrected chi connectivity index (χ4v) is 3.95. The molecule has 1 aliphatic carbocycles. The Labute approximate surface area is 80.8 Å². The summed E-state index contributed by atoms with van der Waals surface area (Å²) in [7, 11) is 0. The van der Waals surface area contributed by atoms with Crippen LogP contribution in [0.15, 0.2) is 0 Å². The zero-order valence-corrected chi connectivity index (χ0v) is 8.75. The normalized spacial score (nSPS) is 58.6. The van der Waals surface area contributed by atoms with Gasteiger partial charge in [-0.15, -0.1) is 0 Å². The van der Waals surface area contributed by atoms with E-state index in [1.54, 1.807) is 0 Å².